The summed E-state index contributed by atoms with van der Waals surface area (Å²) in [6.07, 6.45) is 3.33. The van der Waals surface area contributed by atoms with Gasteiger partial charge in [0.2, 0.25) is 0 Å². The van der Waals surface area contributed by atoms with Crippen LogP contribution in [0.25, 0.3) is 0 Å². The Morgan fingerprint density at radius 1 is 1.29 bits per heavy atom. The van der Waals surface area contributed by atoms with Crippen LogP contribution in [0.3, 0.4) is 0 Å². The maximum Gasteiger partial charge on any atom is 0.334 e. The Kier molecular flexibility index (Phi) is 5.24. The maximum atomic E-state index is 13.1. The van der Waals surface area contributed by atoms with Gasteiger partial charge in [-0.2, -0.15) is 0 Å². The van der Waals surface area contributed by atoms with E-state index in [0.29, 0.717) is 24.8 Å². The Labute approximate surface area is 180 Å². The van der Waals surface area contributed by atoms with Crippen LogP contribution in [-0.2, 0) is 28.6 Å². The van der Waals surface area contributed by atoms with Gasteiger partial charge in [0.05, 0.1) is 25.6 Å². The summed E-state index contributed by atoms with van der Waals surface area (Å²) < 4.78 is 21.6. The first-order valence-electron chi connectivity index (χ1n) is 10.5. The molecule has 1 saturated carbocycles. The molecule has 0 bridgehead atoms. The van der Waals surface area contributed by atoms with Crippen LogP contribution in [0.2, 0.25) is 0 Å². The molecule has 2 aliphatic carbocycles. The van der Waals surface area contributed by atoms with Crippen LogP contribution >= 0.6 is 0 Å². The van der Waals surface area contributed by atoms with Crippen molar-refractivity contribution in [2.45, 2.75) is 58.3 Å². The summed E-state index contributed by atoms with van der Waals surface area (Å²) in [6, 6.07) is 1.75. The number of hydrogen-bond donors (Lipinski definition) is 1. The molecular formula is C23H28O8. The highest BCUT2D eigenvalue weighted by Gasteiger charge is 2.66. The van der Waals surface area contributed by atoms with E-state index in [1.807, 2.05) is 13.8 Å². The lowest BCUT2D eigenvalue weighted by Gasteiger charge is -2.61. The summed E-state index contributed by atoms with van der Waals surface area (Å²) in [5.41, 5.74) is -0.367. The highest BCUT2D eigenvalue weighted by molar-refractivity contribution is 5.90. The minimum atomic E-state index is -1.20. The van der Waals surface area contributed by atoms with Crippen molar-refractivity contribution < 1.29 is 38.1 Å². The van der Waals surface area contributed by atoms with Crippen molar-refractivity contribution in [2.24, 2.45) is 22.7 Å². The zero-order chi connectivity index (χ0) is 22.6. The second kappa shape index (κ2) is 7.51. The molecule has 1 N–H and O–H groups in total. The van der Waals surface area contributed by atoms with Gasteiger partial charge in [-0.3, -0.25) is 9.59 Å². The van der Waals surface area contributed by atoms with Gasteiger partial charge >= 0.3 is 17.9 Å². The van der Waals surface area contributed by atoms with E-state index in [2.05, 4.69) is 0 Å². The van der Waals surface area contributed by atoms with Crippen LogP contribution in [0.4, 0.5) is 0 Å². The molecule has 0 spiro atoms. The smallest absolute Gasteiger partial charge is 0.334 e. The largest absolute Gasteiger partial charge is 0.472 e. The Bertz CT molecular complexity index is 918. The monoisotopic (exact) mass is 432 g/mol. The van der Waals surface area contributed by atoms with E-state index in [-0.39, 0.29) is 5.97 Å². The minimum Gasteiger partial charge on any atom is -0.472 e. The van der Waals surface area contributed by atoms with Gasteiger partial charge in [0, 0.05) is 29.4 Å². The highest BCUT2D eigenvalue weighted by Crippen LogP contribution is 2.65. The van der Waals surface area contributed by atoms with Crippen molar-refractivity contribution in [2.75, 3.05) is 7.11 Å². The number of cyclic esters (lactones) is 1. The number of aliphatic hydroxyl groups excluding tert-OH is 1. The number of carbonyl (C=O) groups excluding carboxylic acids is 3. The standard InChI is InChI=1S/C23H28O8/c1-12(24)30-18-16(25)9-15(20(26)28-4)22(2)7-5-14-21(27)31-17(13-6-8-29-11-13)10-23(14,3)19(18)22/h6,8-9,11,14,16-19,25H,5,7,10H2,1-4H3/t14-,16-,17-,18-,19-,22-,23-/m0/s1. The van der Waals surface area contributed by atoms with Crippen LogP contribution in [0.15, 0.2) is 34.7 Å². The first-order valence-corrected chi connectivity index (χ1v) is 10.5. The molecule has 7 atom stereocenters. The SMILES string of the molecule is COC(=O)C1=C[C@H](O)[C@H](OC(C)=O)[C@@H]2[C@@]3(C)C[C@@H](c4ccoc4)OC(=O)[C@@H]3CC[C@@]12C. The van der Waals surface area contributed by atoms with Gasteiger partial charge in [0.25, 0.3) is 0 Å². The molecule has 8 heteroatoms. The quantitative estimate of drug-likeness (QED) is 0.573. The molecule has 0 aromatic carbocycles. The molecule has 1 saturated heterocycles. The van der Waals surface area contributed by atoms with E-state index in [1.165, 1.54) is 26.4 Å². The van der Waals surface area contributed by atoms with Crippen LogP contribution in [-0.4, -0.2) is 42.3 Å². The fourth-order valence-electron chi connectivity index (χ4n) is 6.27. The Morgan fingerprint density at radius 3 is 2.65 bits per heavy atom. The summed E-state index contributed by atoms with van der Waals surface area (Å²) in [5.74, 6) is -2.33. The molecule has 1 aromatic rings. The number of aliphatic hydroxyl groups is 1. The summed E-state index contributed by atoms with van der Waals surface area (Å²) in [5, 5.41) is 10.9. The molecule has 168 valence electrons. The fourth-order valence-corrected chi connectivity index (χ4v) is 6.27. The lowest BCUT2D eigenvalue weighted by atomic mass is 9.44. The van der Waals surface area contributed by atoms with Crippen molar-refractivity contribution in [3.63, 3.8) is 0 Å². The minimum absolute atomic E-state index is 0.327. The lowest BCUT2D eigenvalue weighted by molar-refractivity contribution is -0.213. The second-order valence-corrected chi connectivity index (χ2v) is 9.32. The molecule has 2 heterocycles. The van der Waals surface area contributed by atoms with E-state index in [0.717, 1.165) is 5.56 Å². The van der Waals surface area contributed by atoms with Crippen LogP contribution < -0.4 is 0 Å². The van der Waals surface area contributed by atoms with Crippen molar-refractivity contribution in [3.05, 3.63) is 35.8 Å². The Morgan fingerprint density at radius 2 is 2.03 bits per heavy atom. The van der Waals surface area contributed by atoms with E-state index in [1.54, 1.807) is 12.3 Å². The lowest BCUT2D eigenvalue weighted by Crippen LogP contribution is -2.63. The Balaban J connectivity index is 1.85. The van der Waals surface area contributed by atoms with Crippen LogP contribution in [0.5, 0.6) is 0 Å². The predicted octanol–water partition coefficient (Wildman–Crippen LogP) is 2.71. The molecule has 2 fully saturated rings. The summed E-state index contributed by atoms with van der Waals surface area (Å²) in [4.78, 5) is 37.7. The van der Waals surface area contributed by atoms with E-state index in [4.69, 9.17) is 18.6 Å². The molecule has 0 unspecified atom stereocenters. The van der Waals surface area contributed by atoms with Crippen LogP contribution in [0, 0.1) is 22.7 Å². The number of hydrogen-bond acceptors (Lipinski definition) is 8. The molecular weight excluding hydrogens is 404 g/mol. The number of carbonyl (C=O) groups is 3. The number of esters is 3. The molecule has 0 amide bonds. The maximum absolute atomic E-state index is 13.1. The first kappa shape index (κ1) is 21.6. The van der Waals surface area contributed by atoms with Gasteiger partial charge in [-0.25, -0.2) is 4.79 Å². The Hall–Kier alpha value is -2.61. The molecule has 0 radical (unpaired) electrons. The van der Waals surface area contributed by atoms with Gasteiger partial charge in [0.15, 0.2) is 0 Å². The number of fused-ring (bicyclic) bond motifs is 3. The highest BCUT2D eigenvalue weighted by atomic mass is 16.6. The zero-order valence-corrected chi connectivity index (χ0v) is 18.1. The summed E-state index contributed by atoms with van der Waals surface area (Å²) in [7, 11) is 1.30. The third-order valence-electron chi connectivity index (χ3n) is 7.55. The summed E-state index contributed by atoms with van der Waals surface area (Å²) >= 11 is 0. The van der Waals surface area contributed by atoms with Gasteiger partial charge in [0.1, 0.15) is 18.3 Å². The third kappa shape index (κ3) is 3.28. The van der Waals surface area contributed by atoms with Gasteiger partial charge in [-0.05, 0) is 36.8 Å². The fraction of sp³-hybridized carbons (Fsp3) is 0.609. The molecule has 3 aliphatic rings. The molecule has 8 nitrogen and oxygen atoms in total. The number of methoxy groups -OCH3 is 1. The van der Waals surface area contributed by atoms with Crippen molar-refractivity contribution >= 4 is 17.9 Å². The average molecular weight is 432 g/mol. The number of furan rings is 1. The van der Waals surface area contributed by atoms with Gasteiger partial charge < -0.3 is 23.7 Å². The topological polar surface area (TPSA) is 112 Å². The summed E-state index contributed by atoms with van der Waals surface area (Å²) in [6.45, 7) is 5.18. The van der Waals surface area contributed by atoms with E-state index in [9.17, 15) is 19.5 Å². The first-order chi connectivity index (χ1) is 14.6. The predicted molar refractivity (Wildman–Crippen MR) is 106 cm³/mol. The number of rotatable bonds is 3. The average Bonchev–Trinajstić information content (AvgIpc) is 3.23. The van der Waals surface area contributed by atoms with Crippen molar-refractivity contribution in [1.29, 1.82) is 0 Å². The van der Waals surface area contributed by atoms with Crippen LogP contribution in [0.1, 0.15) is 51.7 Å². The van der Waals surface area contributed by atoms with Crippen molar-refractivity contribution in [3.8, 4) is 0 Å². The number of ether oxygens (including phenoxy) is 3. The van der Waals surface area contributed by atoms with E-state index >= 15 is 0 Å². The van der Waals surface area contributed by atoms with Gasteiger partial charge in [-0.15, -0.1) is 0 Å². The molecule has 31 heavy (non-hydrogen) atoms. The molecule has 1 aromatic heterocycles. The normalized spacial score (nSPS) is 39.5. The molecule has 4 rings (SSSR count). The second-order valence-electron chi connectivity index (χ2n) is 9.32. The zero-order valence-electron chi connectivity index (χ0n) is 18.1. The van der Waals surface area contributed by atoms with Crippen molar-refractivity contribution in [1.82, 2.24) is 0 Å². The molecule has 1 aliphatic heterocycles. The third-order valence-corrected chi connectivity index (χ3v) is 7.55. The van der Waals surface area contributed by atoms with Gasteiger partial charge in [-0.1, -0.05) is 13.8 Å². The van der Waals surface area contributed by atoms with E-state index < -0.39 is 52.9 Å².